The second-order valence-electron chi connectivity index (χ2n) is 5.18. The minimum Gasteiger partial charge on any atom is -0.478 e. The number of carboxylic acids is 1. The highest BCUT2D eigenvalue weighted by Crippen LogP contribution is 2.38. The highest BCUT2D eigenvalue weighted by molar-refractivity contribution is 6.30. The summed E-state index contributed by atoms with van der Waals surface area (Å²) in [4.78, 5) is 15.2. The van der Waals surface area contributed by atoms with E-state index in [1.807, 2.05) is 24.3 Å². The van der Waals surface area contributed by atoms with E-state index in [4.69, 9.17) is 16.7 Å². The lowest BCUT2D eigenvalue weighted by atomic mass is 9.89. The van der Waals surface area contributed by atoms with Crippen LogP contribution in [0.2, 0.25) is 5.02 Å². The van der Waals surface area contributed by atoms with E-state index in [-0.39, 0.29) is 23.5 Å². The van der Waals surface area contributed by atoms with Gasteiger partial charge in [-0.25, -0.2) is 9.78 Å². The smallest absolute Gasteiger partial charge is 0.337 e. The zero-order valence-corrected chi connectivity index (χ0v) is 12.8. The SMILES string of the molecule is CC1(c2ccc(Cl)cc2)Cc2cc(C(=O)O)cnc2N1.Cl. The van der Waals surface area contributed by atoms with Gasteiger partial charge in [0.05, 0.1) is 11.1 Å². The molecule has 110 valence electrons. The van der Waals surface area contributed by atoms with Crippen molar-refractivity contribution in [1.82, 2.24) is 4.98 Å². The van der Waals surface area contributed by atoms with Crippen LogP contribution in [-0.2, 0) is 12.0 Å². The third-order valence-electron chi connectivity index (χ3n) is 3.63. The zero-order chi connectivity index (χ0) is 14.3. The Balaban J connectivity index is 0.00000161. The standard InChI is InChI=1S/C15H13ClN2O2.ClH/c1-15(11-2-4-12(16)5-3-11)7-9-6-10(14(19)20)8-17-13(9)18-15;/h2-6,8H,7H2,1H3,(H,17,18)(H,19,20);1H. The molecule has 3 rings (SSSR count). The molecule has 2 heterocycles. The number of carbonyl (C=O) groups is 1. The van der Waals surface area contributed by atoms with Crippen molar-refractivity contribution in [2.45, 2.75) is 18.9 Å². The Hall–Kier alpha value is -1.78. The number of carboxylic acid groups (broad SMARTS) is 1. The Morgan fingerprint density at radius 2 is 2.05 bits per heavy atom. The fourth-order valence-electron chi connectivity index (χ4n) is 2.55. The van der Waals surface area contributed by atoms with Gasteiger partial charge in [-0.2, -0.15) is 0 Å². The average molecular weight is 325 g/mol. The van der Waals surface area contributed by atoms with Crippen molar-refractivity contribution in [3.8, 4) is 0 Å². The summed E-state index contributed by atoms with van der Waals surface area (Å²) >= 11 is 5.91. The molecule has 2 N–H and O–H groups in total. The summed E-state index contributed by atoms with van der Waals surface area (Å²) in [6.07, 6.45) is 2.07. The van der Waals surface area contributed by atoms with Crippen LogP contribution < -0.4 is 5.32 Å². The van der Waals surface area contributed by atoms with Crippen molar-refractivity contribution in [2.24, 2.45) is 0 Å². The second-order valence-corrected chi connectivity index (χ2v) is 5.61. The molecule has 1 atom stereocenters. The number of hydrogen-bond acceptors (Lipinski definition) is 3. The van der Waals surface area contributed by atoms with E-state index >= 15 is 0 Å². The summed E-state index contributed by atoms with van der Waals surface area (Å²) in [7, 11) is 0. The topological polar surface area (TPSA) is 62.2 Å². The maximum atomic E-state index is 11.0. The van der Waals surface area contributed by atoms with Crippen LogP contribution >= 0.6 is 24.0 Å². The molecule has 0 saturated heterocycles. The van der Waals surface area contributed by atoms with Crippen LogP contribution in [0, 0.1) is 0 Å². The van der Waals surface area contributed by atoms with Crippen LogP contribution in [0.4, 0.5) is 5.82 Å². The lowest BCUT2D eigenvalue weighted by Gasteiger charge is -2.25. The third kappa shape index (κ3) is 2.82. The predicted molar refractivity (Wildman–Crippen MR) is 84.6 cm³/mol. The Kier molecular flexibility index (Phi) is 4.12. The van der Waals surface area contributed by atoms with Gasteiger partial charge in [0.2, 0.25) is 0 Å². The number of nitrogens with zero attached hydrogens (tertiary/aromatic N) is 1. The lowest BCUT2D eigenvalue weighted by molar-refractivity contribution is 0.0696. The number of halogens is 2. The molecule has 1 aromatic carbocycles. The first kappa shape index (κ1) is 15.6. The summed E-state index contributed by atoms with van der Waals surface area (Å²) in [5.41, 5.74) is 1.93. The van der Waals surface area contributed by atoms with E-state index in [9.17, 15) is 4.79 Å². The van der Waals surface area contributed by atoms with Gasteiger partial charge >= 0.3 is 5.97 Å². The number of rotatable bonds is 2. The molecule has 0 radical (unpaired) electrons. The number of nitrogens with one attached hydrogen (secondary N) is 1. The van der Waals surface area contributed by atoms with E-state index in [2.05, 4.69) is 17.2 Å². The number of aromatic carboxylic acids is 1. The van der Waals surface area contributed by atoms with Gasteiger partial charge < -0.3 is 10.4 Å². The third-order valence-corrected chi connectivity index (χ3v) is 3.89. The first-order chi connectivity index (χ1) is 9.48. The Labute approximate surface area is 133 Å². The van der Waals surface area contributed by atoms with E-state index in [1.165, 1.54) is 6.20 Å². The maximum Gasteiger partial charge on any atom is 0.337 e. The highest BCUT2D eigenvalue weighted by Gasteiger charge is 2.35. The predicted octanol–water partition coefficient (Wildman–Crippen LogP) is 3.74. The average Bonchev–Trinajstić information content (AvgIpc) is 2.75. The maximum absolute atomic E-state index is 11.0. The first-order valence-electron chi connectivity index (χ1n) is 6.24. The van der Waals surface area contributed by atoms with Gasteiger partial charge in [0.25, 0.3) is 0 Å². The molecule has 1 aliphatic rings. The molecular weight excluding hydrogens is 311 g/mol. The largest absolute Gasteiger partial charge is 0.478 e. The molecule has 1 unspecified atom stereocenters. The van der Waals surface area contributed by atoms with E-state index in [0.29, 0.717) is 11.4 Å². The van der Waals surface area contributed by atoms with E-state index in [0.717, 1.165) is 16.9 Å². The van der Waals surface area contributed by atoms with Crippen molar-refractivity contribution >= 4 is 35.8 Å². The van der Waals surface area contributed by atoms with Crippen molar-refractivity contribution in [1.29, 1.82) is 0 Å². The van der Waals surface area contributed by atoms with Crippen molar-refractivity contribution < 1.29 is 9.90 Å². The van der Waals surface area contributed by atoms with Gasteiger partial charge in [-0.3, -0.25) is 0 Å². The minimum absolute atomic E-state index is 0. The number of anilines is 1. The van der Waals surface area contributed by atoms with E-state index < -0.39 is 5.97 Å². The van der Waals surface area contributed by atoms with E-state index in [1.54, 1.807) is 6.07 Å². The Bertz CT molecular complexity index is 689. The van der Waals surface area contributed by atoms with Gasteiger partial charge in [0.15, 0.2) is 0 Å². The molecule has 1 aromatic heterocycles. The fraction of sp³-hybridized carbons (Fsp3) is 0.200. The Morgan fingerprint density at radius 1 is 1.38 bits per heavy atom. The normalized spacial score (nSPS) is 19.3. The van der Waals surface area contributed by atoms with Crippen LogP contribution in [0.5, 0.6) is 0 Å². The van der Waals surface area contributed by atoms with Crippen LogP contribution in [0.15, 0.2) is 36.5 Å². The highest BCUT2D eigenvalue weighted by atomic mass is 35.5. The minimum atomic E-state index is -0.958. The molecule has 21 heavy (non-hydrogen) atoms. The number of aromatic nitrogens is 1. The van der Waals surface area contributed by atoms with Gasteiger partial charge in [0, 0.05) is 17.6 Å². The molecule has 0 fully saturated rings. The molecule has 0 amide bonds. The second kappa shape index (κ2) is 5.54. The fourth-order valence-corrected chi connectivity index (χ4v) is 2.68. The molecule has 1 aliphatic heterocycles. The number of pyridine rings is 1. The summed E-state index contributed by atoms with van der Waals surface area (Å²) in [6.45, 7) is 2.07. The Morgan fingerprint density at radius 3 is 2.67 bits per heavy atom. The van der Waals surface area contributed by atoms with Crippen molar-refractivity contribution in [3.05, 3.63) is 58.2 Å². The molecule has 0 bridgehead atoms. The molecule has 4 nitrogen and oxygen atoms in total. The number of hydrogen-bond donors (Lipinski definition) is 2. The van der Waals surface area contributed by atoms with Crippen LogP contribution in [-0.4, -0.2) is 16.1 Å². The van der Waals surface area contributed by atoms with Gasteiger partial charge in [-0.05, 0) is 36.2 Å². The summed E-state index contributed by atoms with van der Waals surface area (Å²) in [5, 5.41) is 13.1. The van der Waals surface area contributed by atoms with Gasteiger partial charge in [-0.1, -0.05) is 23.7 Å². The van der Waals surface area contributed by atoms with Crippen LogP contribution in [0.1, 0.15) is 28.4 Å². The molecule has 0 aliphatic carbocycles. The number of fused-ring (bicyclic) bond motifs is 1. The molecule has 6 heteroatoms. The molecule has 0 saturated carbocycles. The summed E-state index contributed by atoms with van der Waals surface area (Å²) in [6, 6.07) is 9.32. The van der Waals surface area contributed by atoms with Crippen LogP contribution in [0.3, 0.4) is 0 Å². The summed E-state index contributed by atoms with van der Waals surface area (Å²) < 4.78 is 0. The zero-order valence-electron chi connectivity index (χ0n) is 11.3. The van der Waals surface area contributed by atoms with Crippen molar-refractivity contribution in [3.63, 3.8) is 0 Å². The monoisotopic (exact) mass is 324 g/mol. The van der Waals surface area contributed by atoms with Crippen molar-refractivity contribution in [2.75, 3.05) is 5.32 Å². The molecule has 0 spiro atoms. The first-order valence-corrected chi connectivity index (χ1v) is 6.62. The quantitative estimate of drug-likeness (QED) is 0.883. The number of benzene rings is 1. The van der Waals surface area contributed by atoms with Gasteiger partial charge in [-0.15, -0.1) is 12.4 Å². The molecular formula is C15H14Cl2N2O2. The van der Waals surface area contributed by atoms with Gasteiger partial charge in [0.1, 0.15) is 5.82 Å². The molecule has 2 aromatic rings. The summed E-state index contributed by atoms with van der Waals surface area (Å²) in [5.74, 6) is -0.215. The van der Waals surface area contributed by atoms with Crippen LogP contribution in [0.25, 0.3) is 0 Å². The lowest BCUT2D eigenvalue weighted by Crippen LogP contribution is -2.29.